The van der Waals surface area contributed by atoms with Crippen molar-refractivity contribution in [1.82, 2.24) is 0 Å². The van der Waals surface area contributed by atoms with Gasteiger partial charge in [-0.25, -0.2) is 8.42 Å². The summed E-state index contributed by atoms with van der Waals surface area (Å²) in [6.07, 6.45) is 0. The molecule has 0 aliphatic rings. The Kier molecular flexibility index (Phi) is 9.54. The standard InChI is InChI=1S/C25H18F3O2S.CHF3O3S/c26-25(27,28)31(23-15-11-21(12-16-23)29-19-7-3-1-4-8-19)24-17-13-22(14-18-24)30-20-9-5-2-6-10-20;2-1(3,4)8(5,6)7/h1-18H;(H,5,6,7)/q+1;/p-1. The predicted octanol–water partition coefficient (Wildman–Crippen LogP) is 7.88. The van der Waals surface area contributed by atoms with Gasteiger partial charge in [-0.1, -0.05) is 36.4 Å². The maximum Gasteiger partial charge on any atom is 0.586 e. The van der Waals surface area contributed by atoms with E-state index in [9.17, 15) is 26.3 Å². The van der Waals surface area contributed by atoms with Crippen molar-refractivity contribution in [3.8, 4) is 23.0 Å². The summed E-state index contributed by atoms with van der Waals surface area (Å²) < 4.78 is 112. The Morgan fingerprint density at radius 2 is 0.821 bits per heavy atom. The second-order valence-corrected chi connectivity index (χ2v) is 10.8. The van der Waals surface area contributed by atoms with Gasteiger partial charge in [0.05, 0.1) is 0 Å². The van der Waals surface area contributed by atoms with Crippen LogP contribution in [0.2, 0.25) is 0 Å². The van der Waals surface area contributed by atoms with E-state index in [-0.39, 0.29) is 9.79 Å². The minimum absolute atomic E-state index is 0.171. The van der Waals surface area contributed by atoms with Crippen LogP contribution < -0.4 is 9.47 Å². The van der Waals surface area contributed by atoms with Gasteiger partial charge in [0.1, 0.15) is 23.0 Å². The molecule has 0 aliphatic carbocycles. The third kappa shape index (κ3) is 8.94. The van der Waals surface area contributed by atoms with E-state index in [0.29, 0.717) is 23.0 Å². The van der Waals surface area contributed by atoms with Crippen LogP contribution in [0.15, 0.2) is 119 Å². The van der Waals surface area contributed by atoms with Crippen molar-refractivity contribution >= 4 is 21.0 Å². The lowest BCUT2D eigenvalue weighted by molar-refractivity contribution is -0.0518. The van der Waals surface area contributed by atoms with Crippen molar-refractivity contribution in [3.05, 3.63) is 109 Å². The van der Waals surface area contributed by atoms with Crippen molar-refractivity contribution in [2.45, 2.75) is 20.8 Å². The van der Waals surface area contributed by atoms with Crippen LogP contribution in [0.3, 0.4) is 0 Å². The van der Waals surface area contributed by atoms with Gasteiger partial charge in [-0.2, -0.15) is 13.2 Å². The highest BCUT2D eigenvalue weighted by atomic mass is 32.2. The molecule has 0 atom stereocenters. The van der Waals surface area contributed by atoms with Gasteiger partial charge in [0.25, 0.3) is 0 Å². The molecule has 0 radical (unpaired) electrons. The van der Waals surface area contributed by atoms with Crippen molar-refractivity contribution in [2.75, 3.05) is 0 Å². The molecule has 0 saturated heterocycles. The molecule has 5 nitrogen and oxygen atoms in total. The zero-order valence-corrected chi connectivity index (χ0v) is 21.2. The van der Waals surface area contributed by atoms with E-state index in [2.05, 4.69) is 0 Å². The molecular formula is C26H18F6O5S2. The van der Waals surface area contributed by atoms with E-state index in [1.807, 2.05) is 36.4 Å². The first-order valence-electron chi connectivity index (χ1n) is 10.7. The summed E-state index contributed by atoms with van der Waals surface area (Å²) in [6.45, 7) is 0. The molecule has 4 aromatic carbocycles. The lowest BCUT2D eigenvalue weighted by Crippen LogP contribution is -2.24. The summed E-state index contributed by atoms with van der Waals surface area (Å²) in [6, 6.07) is 30.3. The van der Waals surface area contributed by atoms with E-state index >= 15 is 0 Å². The summed E-state index contributed by atoms with van der Waals surface area (Å²) in [5, 5.41) is 0. The molecular weight excluding hydrogens is 570 g/mol. The lowest BCUT2D eigenvalue weighted by atomic mass is 10.3. The summed E-state index contributed by atoms with van der Waals surface area (Å²) in [4.78, 5) is 0.342. The van der Waals surface area contributed by atoms with Crippen LogP contribution in [0.4, 0.5) is 26.3 Å². The fourth-order valence-corrected chi connectivity index (χ4v) is 4.56. The molecule has 0 aromatic heterocycles. The molecule has 0 saturated carbocycles. The number of hydrogen-bond donors (Lipinski definition) is 0. The van der Waals surface area contributed by atoms with Crippen molar-refractivity contribution in [3.63, 3.8) is 0 Å². The zero-order chi connectivity index (χ0) is 28.7. The SMILES string of the molecule is FC(F)(F)[S+](c1ccc(Oc2ccccc2)cc1)c1ccc(Oc2ccccc2)cc1.O=S(=O)([O-])C(F)(F)F. The minimum atomic E-state index is -6.09. The minimum Gasteiger partial charge on any atom is -0.741 e. The molecule has 39 heavy (non-hydrogen) atoms. The van der Waals surface area contributed by atoms with Gasteiger partial charge in [-0.05, 0) is 72.8 Å². The number of halogens is 6. The molecule has 0 bridgehead atoms. The largest absolute Gasteiger partial charge is 0.741 e. The van der Waals surface area contributed by atoms with Gasteiger partial charge in [0.2, 0.25) is 0 Å². The Bertz CT molecular complexity index is 1340. The Balaban J connectivity index is 0.000000459. The number of para-hydroxylation sites is 2. The molecule has 0 unspecified atom stereocenters. The average Bonchev–Trinajstić information content (AvgIpc) is 2.86. The lowest BCUT2D eigenvalue weighted by Gasteiger charge is -2.12. The van der Waals surface area contributed by atoms with Gasteiger partial charge in [-0.15, -0.1) is 13.2 Å². The molecule has 0 N–H and O–H groups in total. The molecule has 0 heterocycles. The molecule has 0 spiro atoms. The third-order valence-electron chi connectivity index (χ3n) is 4.59. The van der Waals surface area contributed by atoms with Crippen LogP contribution in [0.1, 0.15) is 0 Å². The van der Waals surface area contributed by atoms with Crippen LogP contribution in [0.25, 0.3) is 0 Å². The van der Waals surface area contributed by atoms with E-state index < -0.39 is 32.0 Å². The summed E-state index contributed by atoms with van der Waals surface area (Å²) in [5.41, 5.74) is -10.1. The maximum atomic E-state index is 13.9. The fraction of sp³-hybridized carbons (Fsp3) is 0.0769. The van der Waals surface area contributed by atoms with Crippen molar-refractivity contribution in [2.24, 2.45) is 0 Å². The monoisotopic (exact) mass is 588 g/mol. The third-order valence-corrected chi connectivity index (χ3v) is 7.11. The molecule has 206 valence electrons. The predicted molar refractivity (Wildman–Crippen MR) is 132 cm³/mol. The van der Waals surface area contributed by atoms with Gasteiger partial charge in [-0.3, -0.25) is 0 Å². The van der Waals surface area contributed by atoms with Crippen LogP contribution in [-0.4, -0.2) is 24.0 Å². The van der Waals surface area contributed by atoms with Gasteiger partial charge < -0.3 is 14.0 Å². The first-order valence-corrected chi connectivity index (χ1v) is 13.4. The second kappa shape index (κ2) is 12.5. The molecule has 4 rings (SSSR count). The first kappa shape index (κ1) is 29.9. The summed E-state index contributed by atoms with van der Waals surface area (Å²) in [7, 11) is -8.18. The van der Waals surface area contributed by atoms with Crippen LogP contribution >= 0.6 is 0 Å². The quantitative estimate of drug-likeness (QED) is 0.0992. The number of rotatable bonds is 6. The van der Waals surface area contributed by atoms with Crippen LogP contribution in [0.5, 0.6) is 23.0 Å². The van der Waals surface area contributed by atoms with E-state index in [0.717, 1.165) is 0 Å². The number of alkyl halides is 6. The Hall–Kier alpha value is -3.68. The zero-order valence-electron chi connectivity index (χ0n) is 19.5. The number of benzene rings is 4. The highest BCUT2D eigenvalue weighted by Gasteiger charge is 2.54. The van der Waals surface area contributed by atoms with E-state index in [1.165, 1.54) is 24.3 Å². The topological polar surface area (TPSA) is 75.7 Å². The molecule has 0 amide bonds. The summed E-state index contributed by atoms with van der Waals surface area (Å²) in [5.74, 6) is 2.21. The number of hydrogen-bond acceptors (Lipinski definition) is 5. The van der Waals surface area contributed by atoms with Crippen LogP contribution in [0, 0.1) is 0 Å². The highest BCUT2D eigenvalue weighted by molar-refractivity contribution is 7.97. The average molecular weight is 589 g/mol. The molecule has 0 fully saturated rings. The molecule has 0 aliphatic heterocycles. The van der Waals surface area contributed by atoms with E-state index in [4.69, 9.17) is 22.4 Å². The van der Waals surface area contributed by atoms with Crippen molar-refractivity contribution in [1.29, 1.82) is 0 Å². The van der Waals surface area contributed by atoms with Gasteiger partial charge in [0.15, 0.2) is 30.8 Å². The van der Waals surface area contributed by atoms with Gasteiger partial charge in [0, 0.05) is 0 Å². The maximum absolute atomic E-state index is 13.9. The van der Waals surface area contributed by atoms with Crippen molar-refractivity contribution < 1.29 is 48.8 Å². The smallest absolute Gasteiger partial charge is 0.586 e. The summed E-state index contributed by atoms with van der Waals surface area (Å²) >= 11 is 0. The normalized spacial score (nSPS) is 11.9. The Labute approximate surface area is 222 Å². The first-order chi connectivity index (χ1) is 18.2. The van der Waals surface area contributed by atoms with Gasteiger partial charge >= 0.3 is 11.0 Å². The fourth-order valence-electron chi connectivity index (χ4n) is 2.94. The van der Waals surface area contributed by atoms with E-state index in [1.54, 1.807) is 48.5 Å². The second-order valence-electron chi connectivity index (χ2n) is 7.42. The molecule has 13 heteroatoms. The van der Waals surface area contributed by atoms with Crippen LogP contribution in [-0.2, 0) is 21.0 Å². The Morgan fingerprint density at radius 3 is 1.08 bits per heavy atom. The Morgan fingerprint density at radius 1 is 0.538 bits per heavy atom. The number of ether oxygens (including phenoxy) is 2. The highest BCUT2D eigenvalue weighted by Crippen LogP contribution is 2.40. The molecule has 4 aromatic rings.